The molecule has 31 heavy (non-hydrogen) atoms. The maximum atomic E-state index is 12.6. The first-order valence-electron chi connectivity index (χ1n) is 10.2. The molecule has 0 radical (unpaired) electrons. The monoisotopic (exact) mass is 435 g/mol. The molecule has 1 aromatic carbocycles. The van der Waals surface area contributed by atoms with Crippen LogP contribution in [-0.2, 0) is 16.6 Å². The number of allylic oxidation sites excluding steroid dienone is 1. The lowest BCUT2D eigenvalue weighted by Gasteiger charge is -2.18. The summed E-state index contributed by atoms with van der Waals surface area (Å²) in [5, 5.41) is 13.0. The Kier molecular flexibility index (Phi) is 5.78. The lowest BCUT2D eigenvalue weighted by atomic mass is 9.93. The first-order valence-corrected chi connectivity index (χ1v) is 11.1. The second-order valence-corrected chi connectivity index (χ2v) is 9.61. The molecule has 4 rings (SSSR count). The Morgan fingerprint density at radius 3 is 2.77 bits per heavy atom. The quantitative estimate of drug-likeness (QED) is 0.619. The van der Waals surface area contributed by atoms with Gasteiger partial charge in [0.2, 0.25) is 5.91 Å². The first kappa shape index (κ1) is 21.1. The van der Waals surface area contributed by atoms with Crippen molar-refractivity contribution in [2.45, 2.75) is 45.1 Å². The summed E-state index contributed by atoms with van der Waals surface area (Å²) in [4.78, 5) is 24.9. The lowest BCUT2D eigenvalue weighted by molar-refractivity contribution is -0.119. The van der Waals surface area contributed by atoms with Crippen molar-refractivity contribution in [3.05, 3.63) is 76.7 Å². The highest BCUT2D eigenvalue weighted by Crippen LogP contribution is 2.23. The van der Waals surface area contributed by atoms with Crippen LogP contribution in [0.2, 0.25) is 0 Å². The minimum Gasteiger partial charge on any atom is -0.361 e. The summed E-state index contributed by atoms with van der Waals surface area (Å²) < 4.78 is 6.49. The molecule has 2 heterocycles. The molecule has 1 atom stereocenters. The smallest absolute Gasteiger partial charge is 0.251 e. The second kappa shape index (κ2) is 8.51. The fourth-order valence-corrected chi connectivity index (χ4v) is 4.07. The molecule has 3 aromatic rings. The summed E-state index contributed by atoms with van der Waals surface area (Å²) in [6.07, 6.45) is 6.38. The van der Waals surface area contributed by atoms with E-state index in [2.05, 4.69) is 15.8 Å². The van der Waals surface area contributed by atoms with Crippen molar-refractivity contribution in [3.63, 3.8) is 0 Å². The van der Waals surface area contributed by atoms with E-state index in [4.69, 9.17) is 4.52 Å². The van der Waals surface area contributed by atoms with Crippen LogP contribution >= 0.6 is 11.3 Å². The minimum absolute atomic E-state index is 0.107. The second-order valence-electron chi connectivity index (χ2n) is 8.66. The SMILES string of the molecule is CC(C)(C)c1cc(CC(=O)NC2=CCC(NC(=O)c3ccc4sccc4c3)C=C2)no1. The molecule has 0 saturated carbocycles. The van der Waals surface area contributed by atoms with Crippen molar-refractivity contribution in [3.8, 4) is 0 Å². The third-order valence-corrected chi connectivity index (χ3v) is 5.95. The number of fused-ring (bicyclic) bond motifs is 1. The topological polar surface area (TPSA) is 84.2 Å². The van der Waals surface area contributed by atoms with Crippen LogP contribution in [0.3, 0.4) is 0 Å². The molecule has 2 N–H and O–H groups in total. The highest BCUT2D eigenvalue weighted by atomic mass is 32.1. The minimum atomic E-state index is -0.156. The Bertz CT molecular complexity index is 1180. The molecule has 2 aromatic heterocycles. The Morgan fingerprint density at radius 2 is 2.06 bits per heavy atom. The molecule has 1 unspecified atom stereocenters. The number of benzene rings is 1. The zero-order valence-corrected chi connectivity index (χ0v) is 18.6. The van der Waals surface area contributed by atoms with E-state index >= 15 is 0 Å². The number of rotatable bonds is 5. The Labute approximate surface area is 185 Å². The number of hydrogen-bond acceptors (Lipinski definition) is 5. The number of thiophene rings is 1. The van der Waals surface area contributed by atoms with E-state index in [1.165, 1.54) is 0 Å². The van der Waals surface area contributed by atoms with Crippen molar-refractivity contribution < 1.29 is 14.1 Å². The van der Waals surface area contributed by atoms with Crippen molar-refractivity contribution in [1.29, 1.82) is 0 Å². The van der Waals surface area contributed by atoms with Gasteiger partial charge in [0, 0.05) is 27.4 Å². The summed E-state index contributed by atoms with van der Waals surface area (Å²) in [6.45, 7) is 6.10. The van der Waals surface area contributed by atoms with Crippen molar-refractivity contribution in [2.75, 3.05) is 0 Å². The maximum Gasteiger partial charge on any atom is 0.251 e. The summed E-state index contributed by atoms with van der Waals surface area (Å²) in [5.41, 5.74) is 1.82. The summed E-state index contributed by atoms with van der Waals surface area (Å²) >= 11 is 1.66. The van der Waals surface area contributed by atoms with Gasteiger partial charge in [-0.05, 0) is 47.5 Å². The Balaban J connectivity index is 1.29. The average Bonchev–Trinajstić information content (AvgIpc) is 3.38. The highest BCUT2D eigenvalue weighted by molar-refractivity contribution is 7.17. The van der Waals surface area contributed by atoms with Gasteiger partial charge in [-0.2, -0.15) is 0 Å². The van der Waals surface area contributed by atoms with Gasteiger partial charge in [-0.1, -0.05) is 38.1 Å². The predicted octanol–water partition coefficient (Wildman–Crippen LogP) is 4.49. The fraction of sp³-hybridized carbons (Fsp3) is 0.292. The Hall–Kier alpha value is -3.19. The van der Waals surface area contributed by atoms with E-state index in [1.54, 1.807) is 11.3 Å². The van der Waals surface area contributed by atoms with E-state index in [-0.39, 0.29) is 29.7 Å². The molecule has 0 bridgehead atoms. The standard InChI is InChI=1S/C24H25N3O3S/c1-24(2,3)21-13-19(27-30-21)14-22(28)25-17-5-7-18(8-6-17)26-23(29)16-4-9-20-15(12-16)10-11-31-20/h4-7,9-13,18H,8,14H2,1-3H3,(H,25,28)(H,26,29). The molecule has 0 spiro atoms. The van der Waals surface area contributed by atoms with Gasteiger partial charge in [-0.15, -0.1) is 11.3 Å². The summed E-state index contributed by atoms with van der Waals surface area (Å²) in [6, 6.07) is 9.44. The lowest BCUT2D eigenvalue weighted by Crippen LogP contribution is -2.35. The average molecular weight is 436 g/mol. The third-order valence-electron chi connectivity index (χ3n) is 5.05. The molecule has 6 nitrogen and oxygen atoms in total. The van der Waals surface area contributed by atoms with Gasteiger partial charge < -0.3 is 15.2 Å². The molecular weight excluding hydrogens is 410 g/mol. The van der Waals surface area contributed by atoms with Crippen molar-refractivity contribution in [1.82, 2.24) is 15.8 Å². The number of nitrogens with one attached hydrogen (secondary N) is 2. The van der Waals surface area contributed by atoms with Crippen molar-refractivity contribution in [2.24, 2.45) is 0 Å². The third kappa shape index (κ3) is 5.11. The van der Waals surface area contributed by atoms with Crippen LogP contribution < -0.4 is 10.6 Å². The van der Waals surface area contributed by atoms with E-state index < -0.39 is 0 Å². The number of amides is 2. The summed E-state index contributed by atoms with van der Waals surface area (Å²) in [5.74, 6) is 0.490. The number of carbonyl (C=O) groups is 2. The van der Waals surface area contributed by atoms with Crippen LogP contribution in [0, 0.1) is 0 Å². The molecule has 1 aliphatic carbocycles. The van der Waals surface area contributed by atoms with E-state index in [0.717, 1.165) is 21.5 Å². The number of aromatic nitrogens is 1. The maximum absolute atomic E-state index is 12.6. The summed E-state index contributed by atoms with van der Waals surface area (Å²) in [7, 11) is 0. The van der Waals surface area contributed by atoms with E-state index in [9.17, 15) is 9.59 Å². The van der Waals surface area contributed by atoms with Crippen LogP contribution in [-0.4, -0.2) is 23.0 Å². The number of hydrogen-bond donors (Lipinski definition) is 2. The van der Waals surface area contributed by atoms with Crippen LogP contribution in [0.15, 0.2) is 64.2 Å². The first-order chi connectivity index (χ1) is 14.8. The highest BCUT2D eigenvalue weighted by Gasteiger charge is 2.21. The molecule has 7 heteroatoms. The molecule has 1 aliphatic rings. The molecule has 0 saturated heterocycles. The van der Waals surface area contributed by atoms with E-state index in [1.807, 2.05) is 74.7 Å². The fourth-order valence-electron chi connectivity index (χ4n) is 3.30. The van der Waals surface area contributed by atoms with Crippen LogP contribution in [0.25, 0.3) is 10.1 Å². The van der Waals surface area contributed by atoms with Gasteiger partial charge in [-0.25, -0.2) is 0 Å². The van der Waals surface area contributed by atoms with Gasteiger partial charge in [0.15, 0.2) is 0 Å². The van der Waals surface area contributed by atoms with Gasteiger partial charge in [-0.3, -0.25) is 9.59 Å². The van der Waals surface area contributed by atoms with Gasteiger partial charge in [0.05, 0.1) is 18.2 Å². The molecular formula is C24H25N3O3S. The van der Waals surface area contributed by atoms with Crippen molar-refractivity contribution >= 4 is 33.2 Å². The van der Waals surface area contributed by atoms with Gasteiger partial charge in [0.1, 0.15) is 5.76 Å². The molecule has 160 valence electrons. The number of carbonyl (C=O) groups excluding carboxylic acids is 2. The Morgan fingerprint density at radius 1 is 1.23 bits per heavy atom. The van der Waals surface area contributed by atoms with E-state index in [0.29, 0.717) is 17.7 Å². The number of nitrogens with zero attached hydrogens (tertiary/aromatic N) is 1. The van der Waals surface area contributed by atoms with Crippen LogP contribution in [0.4, 0.5) is 0 Å². The molecule has 0 aliphatic heterocycles. The molecule has 2 amide bonds. The van der Waals surface area contributed by atoms with Gasteiger partial charge in [0.25, 0.3) is 5.91 Å². The normalized spacial score (nSPS) is 16.2. The molecule has 0 fully saturated rings. The predicted molar refractivity (Wildman–Crippen MR) is 122 cm³/mol. The largest absolute Gasteiger partial charge is 0.361 e. The zero-order chi connectivity index (χ0) is 22.0. The van der Waals surface area contributed by atoms with Crippen LogP contribution in [0.1, 0.15) is 49.0 Å². The van der Waals surface area contributed by atoms with Crippen LogP contribution in [0.5, 0.6) is 0 Å². The van der Waals surface area contributed by atoms with Gasteiger partial charge >= 0.3 is 0 Å². The zero-order valence-electron chi connectivity index (χ0n) is 17.8.